The predicted molar refractivity (Wildman–Crippen MR) is 69.6 cm³/mol. The van der Waals surface area contributed by atoms with Crippen molar-refractivity contribution in [1.29, 1.82) is 0 Å². The Morgan fingerprint density at radius 3 is 2.75 bits per heavy atom. The highest BCUT2D eigenvalue weighted by molar-refractivity contribution is 5.14. The van der Waals surface area contributed by atoms with Crippen molar-refractivity contribution in [2.24, 2.45) is 5.92 Å². The molecular weight excluding hydrogens is 194 g/mol. The summed E-state index contributed by atoms with van der Waals surface area (Å²) in [7, 11) is 0. The first-order chi connectivity index (χ1) is 7.88. The van der Waals surface area contributed by atoms with Gasteiger partial charge in [-0.3, -0.25) is 0 Å². The quantitative estimate of drug-likeness (QED) is 0.797. The minimum atomic E-state index is 0.797. The highest BCUT2D eigenvalue weighted by atomic mass is 14.9. The van der Waals surface area contributed by atoms with Gasteiger partial charge in [0.15, 0.2) is 0 Å². The number of rotatable bonds is 5. The molecule has 0 bridgehead atoms. The van der Waals surface area contributed by atoms with Crippen LogP contribution in [0.2, 0.25) is 0 Å². The Morgan fingerprint density at radius 1 is 1.19 bits per heavy atom. The van der Waals surface area contributed by atoms with Crippen LogP contribution in [0.5, 0.6) is 0 Å². The molecule has 1 heteroatoms. The first-order valence-electron chi connectivity index (χ1n) is 6.65. The zero-order valence-electron chi connectivity index (χ0n) is 10.3. The van der Waals surface area contributed by atoms with Crippen molar-refractivity contribution in [3.63, 3.8) is 0 Å². The number of aryl methyl sites for hydroxylation is 1. The summed E-state index contributed by atoms with van der Waals surface area (Å²) in [6.07, 6.45) is 6.81. The minimum absolute atomic E-state index is 0.797. The Labute approximate surface area is 99.3 Å². The van der Waals surface area contributed by atoms with Gasteiger partial charge in [-0.05, 0) is 50.1 Å². The van der Waals surface area contributed by atoms with Gasteiger partial charge in [0.1, 0.15) is 0 Å². The largest absolute Gasteiger partial charge is 0.314 e. The van der Waals surface area contributed by atoms with E-state index < -0.39 is 0 Å². The fourth-order valence-corrected chi connectivity index (χ4v) is 2.83. The minimum Gasteiger partial charge on any atom is -0.314 e. The van der Waals surface area contributed by atoms with Crippen molar-refractivity contribution < 1.29 is 0 Å². The van der Waals surface area contributed by atoms with Crippen LogP contribution in [-0.4, -0.2) is 12.6 Å². The van der Waals surface area contributed by atoms with Gasteiger partial charge in [0, 0.05) is 6.04 Å². The van der Waals surface area contributed by atoms with E-state index in [0.29, 0.717) is 0 Å². The molecule has 1 N–H and O–H groups in total. The second kappa shape index (κ2) is 6.05. The Bertz CT molecular complexity index is 294. The maximum Gasteiger partial charge on any atom is 0.00696 e. The topological polar surface area (TPSA) is 12.0 Å². The highest BCUT2D eigenvalue weighted by Crippen LogP contribution is 2.29. The number of hydrogen-bond donors (Lipinski definition) is 1. The average Bonchev–Trinajstić information content (AvgIpc) is 2.76. The van der Waals surface area contributed by atoms with Gasteiger partial charge in [0.05, 0.1) is 0 Å². The molecule has 2 atom stereocenters. The summed E-state index contributed by atoms with van der Waals surface area (Å²) in [4.78, 5) is 0. The summed E-state index contributed by atoms with van der Waals surface area (Å²) in [6, 6.07) is 11.7. The molecule has 0 radical (unpaired) electrons. The lowest BCUT2D eigenvalue weighted by Crippen LogP contribution is -2.25. The first kappa shape index (κ1) is 11.7. The van der Waals surface area contributed by atoms with Gasteiger partial charge in [0.25, 0.3) is 0 Å². The fourth-order valence-electron chi connectivity index (χ4n) is 2.83. The predicted octanol–water partition coefficient (Wildman–Crippen LogP) is 3.40. The standard InChI is InChI=1S/C15H23N/c1-2-16-15-11-10-14(12-15)9-8-13-6-4-3-5-7-13/h3-7,14-16H,2,8-12H2,1H3. The molecule has 1 aromatic carbocycles. The van der Waals surface area contributed by atoms with Crippen LogP contribution < -0.4 is 5.32 Å². The van der Waals surface area contributed by atoms with Crippen LogP contribution in [-0.2, 0) is 6.42 Å². The summed E-state index contributed by atoms with van der Waals surface area (Å²) in [6.45, 7) is 3.33. The zero-order chi connectivity index (χ0) is 11.2. The third-order valence-electron chi connectivity index (χ3n) is 3.72. The Hall–Kier alpha value is -0.820. The van der Waals surface area contributed by atoms with E-state index in [1.807, 2.05) is 0 Å². The molecule has 1 nitrogen and oxygen atoms in total. The zero-order valence-corrected chi connectivity index (χ0v) is 10.3. The van der Waals surface area contributed by atoms with Gasteiger partial charge in [-0.15, -0.1) is 0 Å². The lowest BCUT2D eigenvalue weighted by atomic mass is 9.98. The molecule has 0 spiro atoms. The molecule has 1 aliphatic carbocycles. The summed E-state index contributed by atoms with van der Waals surface area (Å²) in [5.74, 6) is 0.948. The van der Waals surface area contributed by atoms with Crippen molar-refractivity contribution in [2.45, 2.75) is 45.1 Å². The Balaban J connectivity index is 1.72. The number of nitrogens with one attached hydrogen (secondary N) is 1. The number of hydrogen-bond acceptors (Lipinski definition) is 1. The molecule has 16 heavy (non-hydrogen) atoms. The van der Waals surface area contributed by atoms with Gasteiger partial charge in [-0.2, -0.15) is 0 Å². The second-order valence-corrected chi connectivity index (χ2v) is 4.96. The van der Waals surface area contributed by atoms with E-state index in [2.05, 4.69) is 42.6 Å². The number of benzene rings is 1. The van der Waals surface area contributed by atoms with Crippen molar-refractivity contribution in [3.8, 4) is 0 Å². The van der Waals surface area contributed by atoms with E-state index in [9.17, 15) is 0 Å². The maximum atomic E-state index is 3.57. The molecule has 1 saturated carbocycles. The normalized spacial score (nSPS) is 24.8. The van der Waals surface area contributed by atoms with E-state index in [1.54, 1.807) is 0 Å². The van der Waals surface area contributed by atoms with Gasteiger partial charge < -0.3 is 5.32 Å². The third-order valence-corrected chi connectivity index (χ3v) is 3.72. The fraction of sp³-hybridized carbons (Fsp3) is 0.600. The van der Waals surface area contributed by atoms with Crippen LogP contribution in [0.4, 0.5) is 0 Å². The van der Waals surface area contributed by atoms with Crippen LogP contribution >= 0.6 is 0 Å². The van der Waals surface area contributed by atoms with Gasteiger partial charge in [-0.1, -0.05) is 37.3 Å². The molecule has 1 aliphatic rings. The van der Waals surface area contributed by atoms with Crippen LogP contribution in [0.15, 0.2) is 30.3 Å². The van der Waals surface area contributed by atoms with Crippen molar-refractivity contribution >= 4 is 0 Å². The van der Waals surface area contributed by atoms with E-state index in [4.69, 9.17) is 0 Å². The Morgan fingerprint density at radius 2 is 2.00 bits per heavy atom. The molecule has 88 valence electrons. The first-order valence-corrected chi connectivity index (χ1v) is 6.65. The van der Waals surface area contributed by atoms with Gasteiger partial charge in [-0.25, -0.2) is 0 Å². The average molecular weight is 217 g/mol. The van der Waals surface area contributed by atoms with Crippen LogP contribution in [0.1, 0.15) is 38.2 Å². The van der Waals surface area contributed by atoms with E-state index in [1.165, 1.54) is 37.7 Å². The summed E-state index contributed by atoms with van der Waals surface area (Å²) < 4.78 is 0. The third kappa shape index (κ3) is 3.34. The Kier molecular flexibility index (Phi) is 4.41. The summed E-state index contributed by atoms with van der Waals surface area (Å²) >= 11 is 0. The maximum absolute atomic E-state index is 3.57. The lowest BCUT2D eigenvalue weighted by molar-refractivity contribution is 0.470. The summed E-state index contributed by atoms with van der Waals surface area (Å²) in [5.41, 5.74) is 1.49. The molecule has 0 heterocycles. The molecule has 1 aromatic rings. The van der Waals surface area contributed by atoms with Crippen LogP contribution in [0.3, 0.4) is 0 Å². The molecular formula is C15H23N. The molecule has 2 unspecified atom stereocenters. The SMILES string of the molecule is CCNC1CCC(CCc2ccccc2)C1. The van der Waals surface area contributed by atoms with Crippen LogP contribution in [0.25, 0.3) is 0 Å². The molecule has 0 aliphatic heterocycles. The summed E-state index contributed by atoms with van der Waals surface area (Å²) in [5, 5.41) is 3.57. The molecule has 2 rings (SSSR count). The molecule has 0 aromatic heterocycles. The van der Waals surface area contributed by atoms with E-state index in [0.717, 1.165) is 18.5 Å². The lowest BCUT2D eigenvalue weighted by Gasteiger charge is -2.11. The van der Waals surface area contributed by atoms with E-state index in [-0.39, 0.29) is 0 Å². The smallest absolute Gasteiger partial charge is 0.00696 e. The molecule has 0 amide bonds. The monoisotopic (exact) mass is 217 g/mol. The van der Waals surface area contributed by atoms with Gasteiger partial charge >= 0.3 is 0 Å². The molecule has 1 fully saturated rings. The van der Waals surface area contributed by atoms with Crippen molar-refractivity contribution in [3.05, 3.63) is 35.9 Å². The van der Waals surface area contributed by atoms with E-state index >= 15 is 0 Å². The second-order valence-electron chi connectivity index (χ2n) is 4.96. The van der Waals surface area contributed by atoms with Crippen molar-refractivity contribution in [2.75, 3.05) is 6.54 Å². The van der Waals surface area contributed by atoms with Gasteiger partial charge in [0.2, 0.25) is 0 Å². The molecule has 0 saturated heterocycles. The van der Waals surface area contributed by atoms with Crippen molar-refractivity contribution in [1.82, 2.24) is 5.32 Å². The van der Waals surface area contributed by atoms with Crippen LogP contribution in [0, 0.1) is 5.92 Å². The highest BCUT2D eigenvalue weighted by Gasteiger charge is 2.23.